The number of likely N-dealkylation sites (tertiary alicyclic amines) is 1. The number of imidazole rings is 1. The molecular weight excluding hydrogens is 461 g/mol. The molecule has 3 heterocycles. The molecule has 0 aliphatic carbocycles. The van der Waals surface area contributed by atoms with E-state index in [0.717, 1.165) is 12.8 Å². The van der Waals surface area contributed by atoms with Gasteiger partial charge >= 0.3 is 18.2 Å². The van der Waals surface area contributed by atoms with Crippen LogP contribution in [0.25, 0.3) is 0 Å². The molecule has 1 aromatic heterocycles. The number of rotatable bonds is 7. The van der Waals surface area contributed by atoms with E-state index in [0.29, 0.717) is 31.8 Å². The van der Waals surface area contributed by atoms with Gasteiger partial charge in [-0.15, -0.1) is 13.2 Å². The number of nitrogens with zero attached hydrogens (tertiary/aromatic N) is 4. The van der Waals surface area contributed by atoms with Gasteiger partial charge in [0.25, 0.3) is 0 Å². The van der Waals surface area contributed by atoms with Crippen molar-refractivity contribution in [1.82, 2.24) is 19.8 Å². The van der Waals surface area contributed by atoms with Crippen molar-refractivity contribution in [1.29, 1.82) is 0 Å². The summed E-state index contributed by atoms with van der Waals surface area (Å²) < 4.78 is 47.4. The van der Waals surface area contributed by atoms with Crippen molar-refractivity contribution in [3.63, 3.8) is 0 Å². The van der Waals surface area contributed by atoms with Gasteiger partial charge in [-0.1, -0.05) is 0 Å². The van der Waals surface area contributed by atoms with E-state index in [1.54, 1.807) is 0 Å². The number of anilines is 1. The molecule has 34 heavy (non-hydrogen) atoms. The molecule has 2 aliphatic rings. The summed E-state index contributed by atoms with van der Waals surface area (Å²) >= 11 is 0. The second-order valence-electron chi connectivity index (χ2n) is 8.03. The monoisotopic (exact) mass is 484 g/mol. The fourth-order valence-corrected chi connectivity index (χ4v) is 3.98. The SMILES string of the molecule is O=C(CN1CCC(Nc2ccc(OC(F)(F)F)cc2)CC1)N[C@@H]1CCOc2nc([N+](=O)[O-])cn21. The molecule has 2 N–H and O–H groups in total. The van der Waals surface area contributed by atoms with E-state index in [-0.39, 0.29) is 36.1 Å². The highest BCUT2D eigenvalue weighted by molar-refractivity contribution is 5.78. The first kappa shape index (κ1) is 23.6. The summed E-state index contributed by atoms with van der Waals surface area (Å²) in [6, 6.07) is 5.80. The van der Waals surface area contributed by atoms with E-state index < -0.39 is 17.5 Å². The van der Waals surface area contributed by atoms with Gasteiger partial charge in [-0.3, -0.25) is 14.3 Å². The van der Waals surface area contributed by atoms with Gasteiger partial charge in [0, 0.05) is 36.2 Å². The zero-order valence-corrected chi connectivity index (χ0v) is 18.0. The van der Waals surface area contributed by atoms with Gasteiger partial charge in [-0.05, 0) is 42.0 Å². The van der Waals surface area contributed by atoms with E-state index in [9.17, 15) is 28.1 Å². The predicted octanol–water partition coefficient (Wildman–Crippen LogP) is 2.66. The molecule has 0 spiro atoms. The number of ether oxygens (including phenoxy) is 2. The maximum absolute atomic E-state index is 12.6. The Kier molecular flexibility index (Phi) is 6.77. The second-order valence-corrected chi connectivity index (χ2v) is 8.03. The van der Waals surface area contributed by atoms with Crippen molar-refractivity contribution < 1.29 is 32.4 Å². The predicted molar refractivity (Wildman–Crippen MR) is 112 cm³/mol. The van der Waals surface area contributed by atoms with Crippen LogP contribution >= 0.6 is 0 Å². The minimum absolute atomic E-state index is 0.105. The number of nitrogens with one attached hydrogen (secondary N) is 2. The molecule has 1 aromatic carbocycles. The third-order valence-electron chi connectivity index (χ3n) is 5.57. The maximum Gasteiger partial charge on any atom is 0.573 e. The van der Waals surface area contributed by atoms with Crippen molar-refractivity contribution in [2.24, 2.45) is 0 Å². The first-order chi connectivity index (χ1) is 16.2. The van der Waals surface area contributed by atoms with E-state index in [4.69, 9.17) is 4.74 Å². The van der Waals surface area contributed by atoms with E-state index >= 15 is 0 Å². The zero-order chi connectivity index (χ0) is 24.3. The molecule has 1 amide bonds. The first-order valence-corrected chi connectivity index (χ1v) is 10.7. The number of aromatic nitrogens is 2. The van der Waals surface area contributed by atoms with E-state index in [1.807, 2.05) is 4.90 Å². The van der Waals surface area contributed by atoms with Gasteiger partial charge in [0.15, 0.2) is 0 Å². The number of alkyl halides is 3. The van der Waals surface area contributed by atoms with Crippen LogP contribution in [0.4, 0.5) is 24.7 Å². The molecule has 0 radical (unpaired) electrons. The summed E-state index contributed by atoms with van der Waals surface area (Å²) in [4.78, 5) is 28.7. The lowest BCUT2D eigenvalue weighted by Gasteiger charge is -2.33. The highest BCUT2D eigenvalue weighted by Crippen LogP contribution is 2.27. The van der Waals surface area contributed by atoms with Gasteiger partial charge in [0.2, 0.25) is 5.91 Å². The summed E-state index contributed by atoms with van der Waals surface area (Å²) in [5.74, 6) is -0.824. The number of carbonyl (C=O) groups excluding carboxylic acids is 1. The molecular formula is C20H23F3N6O5. The van der Waals surface area contributed by atoms with Crippen LogP contribution < -0.4 is 20.1 Å². The molecule has 1 atom stereocenters. The standard InChI is InChI=1S/C20H23F3N6O5/c21-20(22,23)34-15-3-1-13(2-4-15)24-14-5-8-27(9-6-14)12-18(30)25-16-7-10-33-19-26-17(29(31)32)11-28(16)19/h1-4,11,14,16,24H,5-10,12H2,(H,25,30)/t16-/m0/s1. The van der Waals surface area contributed by atoms with Crippen LogP contribution in [-0.2, 0) is 4.79 Å². The van der Waals surface area contributed by atoms with Crippen LogP contribution in [0.3, 0.4) is 0 Å². The van der Waals surface area contributed by atoms with Crippen molar-refractivity contribution in [3.05, 3.63) is 40.6 Å². The lowest BCUT2D eigenvalue weighted by atomic mass is 10.0. The number of hydrogen-bond donors (Lipinski definition) is 2. The number of hydrogen-bond acceptors (Lipinski definition) is 8. The summed E-state index contributed by atoms with van der Waals surface area (Å²) in [5, 5.41) is 17.1. The van der Waals surface area contributed by atoms with E-state index in [2.05, 4.69) is 20.4 Å². The number of benzene rings is 1. The fraction of sp³-hybridized carbons (Fsp3) is 0.500. The third-order valence-corrected chi connectivity index (χ3v) is 5.57. The molecule has 2 aromatic rings. The molecule has 1 saturated heterocycles. The van der Waals surface area contributed by atoms with Gasteiger partial charge in [0.1, 0.15) is 18.1 Å². The summed E-state index contributed by atoms with van der Waals surface area (Å²) in [7, 11) is 0. The van der Waals surface area contributed by atoms with Crippen LogP contribution in [0.2, 0.25) is 0 Å². The topological polar surface area (TPSA) is 124 Å². The second kappa shape index (κ2) is 9.75. The van der Waals surface area contributed by atoms with Crippen LogP contribution in [0.15, 0.2) is 30.5 Å². The minimum atomic E-state index is -4.72. The lowest BCUT2D eigenvalue weighted by molar-refractivity contribution is -0.389. The number of halogens is 3. The molecule has 2 aliphatic heterocycles. The Morgan fingerprint density at radius 2 is 1.94 bits per heavy atom. The van der Waals surface area contributed by atoms with Crippen molar-refractivity contribution in [3.8, 4) is 11.8 Å². The minimum Gasteiger partial charge on any atom is -0.446 e. The number of nitro groups is 1. The van der Waals surface area contributed by atoms with Crippen LogP contribution in [-0.4, -0.2) is 63.9 Å². The Balaban J connectivity index is 1.22. The maximum atomic E-state index is 12.6. The number of amides is 1. The average molecular weight is 484 g/mol. The van der Waals surface area contributed by atoms with Gasteiger partial charge in [-0.2, -0.15) is 0 Å². The van der Waals surface area contributed by atoms with Crippen LogP contribution in [0.5, 0.6) is 11.8 Å². The zero-order valence-electron chi connectivity index (χ0n) is 18.0. The molecule has 0 saturated carbocycles. The van der Waals surface area contributed by atoms with Crippen molar-refractivity contribution in [2.45, 2.75) is 37.8 Å². The number of fused-ring (bicyclic) bond motifs is 1. The highest BCUT2D eigenvalue weighted by Gasteiger charge is 2.32. The Bertz CT molecular complexity index is 1020. The van der Waals surface area contributed by atoms with Gasteiger partial charge in [0.05, 0.1) is 13.2 Å². The lowest BCUT2D eigenvalue weighted by Crippen LogP contribution is -2.46. The fourth-order valence-electron chi connectivity index (χ4n) is 3.98. The Labute approximate surface area is 192 Å². The summed E-state index contributed by atoms with van der Waals surface area (Å²) in [6.07, 6.45) is -1.98. The Morgan fingerprint density at radius 3 is 2.59 bits per heavy atom. The number of piperidine rings is 1. The first-order valence-electron chi connectivity index (χ1n) is 10.7. The third kappa shape index (κ3) is 6.07. The van der Waals surface area contributed by atoms with Crippen molar-refractivity contribution in [2.75, 3.05) is 31.6 Å². The van der Waals surface area contributed by atoms with Crippen molar-refractivity contribution >= 4 is 17.4 Å². The normalized spacial score (nSPS) is 19.1. The summed E-state index contributed by atoms with van der Waals surface area (Å²) in [6.45, 7) is 1.80. The largest absolute Gasteiger partial charge is 0.573 e. The molecule has 184 valence electrons. The molecule has 1 fully saturated rings. The molecule has 4 rings (SSSR count). The molecule has 11 nitrogen and oxygen atoms in total. The highest BCUT2D eigenvalue weighted by atomic mass is 19.4. The molecule has 0 unspecified atom stereocenters. The quantitative estimate of drug-likeness (QED) is 0.454. The Hall–Kier alpha value is -3.55. The van der Waals surface area contributed by atoms with Gasteiger partial charge < -0.3 is 30.2 Å². The molecule has 14 heteroatoms. The smallest absolute Gasteiger partial charge is 0.446 e. The Morgan fingerprint density at radius 1 is 1.24 bits per heavy atom. The summed E-state index contributed by atoms with van der Waals surface area (Å²) in [5.41, 5.74) is 0.690. The van der Waals surface area contributed by atoms with E-state index in [1.165, 1.54) is 35.0 Å². The van der Waals surface area contributed by atoms with Crippen LogP contribution in [0, 0.1) is 10.1 Å². The molecule has 0 bridgehead atoms. The van der Waals surface area contributed by atoms with Crippen LogP contribution in [0.1, 0.15) is 25.4 Å². The average Bonchev–Trinajstić information content (AvgIpc) is 3.21. The van der Waals surface area contributed by atoms with Gasteiger partial charge in [-0.25, -0.2) is 0 Å². The number of carbonyl (C=O) groups is 1.